The highest BCUT2D eigenvalue weighted by atomic mass is 35.5. The summed E-state index contributed by atoms with van der Waals surface area (Å²) in [5, 5.41) is 9.59. The Hall–Kier alpha value is -0.770. The predicted octanol–water partition coefficient (Wildman–Crippen LogP) is 1.86. The Morgan fingerprint density at radius 3 is 2.67 bits per heavy atom. The summed E-state index contributed by atoms with van der Waals surface area (Å²) in [6.07, 6.45) is 1.70. The number of rotatable bonds is 4. The van der Waals surface area contributed by atoms with E-state index < -0.39 is 0 Å². The van der Waals surface area contributed by atoms with Crippen LogP contribution in [-0.2, 0) is 0 Å². The molecular weight excluding hydrogens is 212 g/mol. The second-order valence-corrected chi connectivity index (χ2v) is 3.60. The normalized spacial score (nSPS) is 11.9. The molecule has 0 saturated heterocycles. The summed E-state index contributed by atoms with van der Waals surface area (Å²) in [4.78, 5) is 0. The number of phenols is 1. The first-order valence-corrected chi connectivity index (χ1v) is 4.90. The van der Waals surface area contributed by atoms with Gasteiger partial charge in [0, 0.05) is 11.6 Å². The fraction of sp³-hybridized carbons (Fsp3) is 0.455. The molecule has 0 aromatic heterocycles. The first-order valence-electron chi connectivity index (χ1n) is 4.90. The van der Waals surface area contributed by atoms with E-state index in [2.05, 4.69) is 0 Å². The molecule has 0 unspecified atom stereocenters. The number of benzene rings is 1. The molecule has 3 nitrogen and oxygen atoms in total. The van der Waals surface area contributed by atoms with Crippen LogP contribution in [0.5, 0.6) is 5.75 Å². The van der Waals surface area contributed by atoms with Crippen molar-refractivity contribution >= 4 is 12.4 Å². The molecule has 1 aromatic rings. The molecule has 4 heteroatoms. The van der Waals surface area contributed by atoms with Crippen molar-refractivity contribution in [3.05, 3.63) is 29.3 Å². The van der Waals surface area contributed by atoms with E-state index in [1.807, 2.05) is 19.1 Å². The van der Waals surface area contributed by atoms with E-state index in [0.29, 0.717) is 6.54 Å². The molecule has 86 valence electrons. The molecule has 15 heavy (non-hydrogen) atoms. The van der Waals surface area contributed by atoms with Crippen molar-refractivity contribution in [3.8, 4) is 5.75 Å². The summed E-state index contributed by atoms with van der Waals surface area (Å²) in [6.45, 7) is 2.62. The Morgan fingerprint density at radius 1 is 1.40 bits per heavy atom. The zero-order valence-corrected chi connectivity index (χ0v) is 9.76. The van der Waals surface area contributed by atoms with Crippen LogP contribution < -0.4 is 11.5 Å². The molecule has 0 fully saturated rings. The van der Waals surface area contributed by atoms with Crippen LogP contribution in [0, 0.1) is 6.92 Å². The second kappa shape index (κ2) is 6.67. The molecule has 0 saturated carbocycles. The average Bonchev–Trinajstić information content (AvgIpc) is 2.18. The highest BCUT2D eigenvalue weighted by Gasteiger charge is 2.09. The highest BCUT2D eigenvalue weighted by molar-refractivity contribution is 5.85. The third kappa shape index (κ3) is 4.08. The van der Waals surface area contributed by atoms with E-state index in [4.69, 9.17) is 11.5 Å². The van der Waals surface area contributed by atoms with Gasteiger partial charge < -0.3 is 16.6 Å². The van der Waals surface area contributed by atoms with E-state index >= 15 is 0 Å². The van der Waals surface area contributed by atoms with Gasteiger partial charge in [0.1, 0.15) is 5.75 Å². The van der Waals surface area contributed by atoms with Crippen LogP contribution in [0.4, 0.5) is 0 Å². The SMILES string of the molecule is Cc1ccc(O)c([C@@H](N)CCCN)c1.Cl. The number of halogens is 1. The summed E-state index contributed by atoms with van der Waals surface area (Å²) < 4.78 is 0. The third-order valence-electron chi connectivity index (χ3n) is 2.30. The number of hydrogen-bond donors (Lipinski definition) is 3. The molecule has 0 spiro atoms. The lowest BCUT2D eigenvalue weighted by atomic mass is 10.00. The van der Waals surface area contributed by atoms with E-state index in [-0.39, 0.29) is 24.2 Å². The van der Waals surface area contributed by atoms with E-state index in [1.165, 1.54) is 0 Å². The van der Waals surface area contributed by atoms with Crippen molar-refractivity contribution in [2.75, 3.05) is 6.54 Å². The zero-order chi connectivity index (χ0) is 10.6. The summed E-state index contributed by atoms with van der Waals surface area (Å²) >= 11 is 0. The van der Waals surface area contributed by atoms with Crippen LogP contribution in [0.15, 0.2) is 18.2 Å². The molecule has 0 aliphatic carbocycles. The topological polar surface area (TPSA) is 72.3 Å². The number of nitrogens with two attached hydrogens (primary N) is 2. The fourth-order valence-corrected chi connectivity index (χ4v) is 1.46. The molecular formula is C11H19ClN2O. The van der Waals surface area contributed by atoms with E-state index in [1.54, 1.807) is 6.07 Å². The van der Waals surface area contributed by atoms with E-state index in [0.717, 1.165) is 24.0 Å². The van der Waals surface area contributed by atoms with Crippen LogP contribution in [0.25, 0.3) is 0 Å². The Morgan fingerprint density at radius 2 is 2.07 bits per heavy atom. The van der Waals surface area contributed by atoms with Gasteiger partial charge >= 0.3 is 0 Å². The van der Waals surface area contributed by atoms with Gasteiger partial charge in [-0.25, -0.2) is 0 Å². The van der Waals surface area contributed by atoms with Gasteiger partial charge in [0.05, 0.1) is 0 Å². The maximum Gasteiger partial charge on any atom is 0.120 e. The Labute approximate surface area is 96.9 Å². The van der Waals surface area contributed by atoms with Crippen molar-refractivity contribution < 1.29 is 5.11 Å². The van der Waals surface area contributed by atoms with Gasteiger partial charge in [-0.15, -0.1) is 12.4 Å². The van der Waals surface area contributed by atoms with Crippen molar-refractivity contribution in [2.24, 2.45) is 11.5 Å². The van der Waals surface area contributed by atoms with E-state index in [9.17, 15) is 5.11 Å². The van der Waals surface area contributed by atoms with Crippen molar-refractivity contribution in [3.63, 3.8) is 0 Å². The monoisotopic (exact) mass is 230 g/mol. The molecule has 1 aromatic carbocycles. The molecule has 1 atom stereocenters. The Kier molecular flexibility index (Phi) is 6.32. The summed E-state index contributed by atoms with van der Waals surface area (Å²) in [5.41, 5.74) is 13.3. The minimum atomic E-state index is -0.113. The smallest absolute Gasteiger partial charge is 0.120 e. The number of aryl methyl sites for hydroxylation is 1. The van der Waals surface area contributed by atoms with Crippen LogP contribution in [0.3, 0.4) is 0 Å². The van der Waals surface area contributed by atoms with Crippen molar-refractivity contribution in [2.45, 2.75) is 25.8 Å². The molecule has 0 bridgehead atoms. The van der Waals surface area contributed by atoms with Crippen LogP contribution in [-0.4, -0.2) is 11.7 Å². The molecule has 5 N–H and O–H groups in total. The summed E-state index contributed by atoms with van der Waals surface area (Å²) in [5.74, 6) is 0.278. The molecule has 0 aliphatic rings. The van der Waals surface area contributed by atoms with Gasteiger partial charge in [0.2, 0.25) is 0 Å². The number of hydrogen-bond acceptors (Lipinski definition) is 3. The predicted molar refractivity (Wildman–Crippen MR) is 65.3 cm³/mol. The number of phenolic OH excluding ortho intramolecular Hbond substituents is 1. The lowest BCUT2D eigenvalue weighted by molar-refractivity contribution is 0.457. The fourth-order valence-electron chi connectivity index (χ4n) is 1.46. The molecule has 0 radical (unpaired) electrons. The first-order chi connectivity index (χ1) is 6.65. The largest absolute Gasteiger partial charge is 0.508 e. The molecule has 0 amide bonds. The molecule has 0 heterocycles. The Bertz CT molecular complexity index is 305. The highest BCUT2D eigenvalue weighted by Crippen LogP contribution is 2.26. The summed E-state index contributed by atoms with van der Waals surface area (Å²) in [6, 6.07) is 5.37. The summed E-state index contributed by atoms with van der Waals surface area (Å²) in [7, 11) is 0. The van der Waals surface area contributed by atoms with Gasteiger partial charge in [-0.05, 0) is 32.4 Å². The molecule has 1 rings (SSSR count). The van der Waals surface area contributed by atoms with Gasteiger partial charge in [-0.3, -0.25) is 0 Å². The van der Waals surface area contributed by atoms with Crippen LogP contribution in [0.1, 0.15) is 30.0 Å². The van der Waals surface area contributed by atoms with Crippen LogP contribution in [0.2, 0.25) is 0 Å². The standard InChI is InChI=1S/C11H18N2O.ClH/c1-8-4-5-11(14)9(7-8)10(13)3-2-6-12;/h4-5,7,10,14H,2-3,6,12-13H2,1H3;1H/t10-;/m0./s1. The molecule has 0 aliphatic heterocycles. The van der Waals surface area contributed by atoms with Crippen LogP contribution >= 0.6 is 12.4 Å². The Balaban J connectivity index is 0.00000196. The quantitative estimate of drug-likeness (QED) is 0.739. The minimum absolute atomic E-state index is 0. The minimum Gasteiger partial charge on any atom is -0.508 e. The van der Waals surface area contributed by atoms with Crippen molar-refractivity contribution in [1.29, 1.82) is 0 Å². The zero-order valence-electron chi connectivity index (χ0n) is 8.94. The second-order valence-electron chi connectivity index (χ2n) is 3.60. The number of aromatic hydroxyl groups is 1. The average molecular weight is 231 g/mol. The van der Waals surface area contributed by atoms with Gasteiger partial charge in [-0.1, -0.05) is 17.7 Å². The lowest BCUT2D eigenvalue weighted by Crippen LogP contribution is -2.12. The first kappa shape index (κ1) is 14.2. The van der Waals surface area contributed by atoms with Gasteiger partial charge in [0.15, 0.2) is 0 Å². The third-order valence-corrected chi connectivity index (χ3v) is 2.30. The van der Waals surface area contributed by atoms with Gasteiger partial charge in [-0.2, -0.15) is 0 Å². The maximum absolute atomic E-state index is 9.59. The lowest BCUT2D eigenvalue weighted by Gasteiger charge is -2.13. The van der Waals surface area contributed by atoms with Gasteiger partial charge in [0.25, 0.3) is 0 Å². The maximum atomic E-state index is 9.59. The van der Waals surface area contributed by atoms with Crippen molar-refractivity contribution in [1.82, 2.24) is 0 Å².